The molecule has 0 bridgehead atoms. The van der Waals surface area contributed by atoms with Gasteiger partial charge in [0.1, 0.15) is 13.2 Å². The summed E-state index contributed by atoms with van der Waals surface area (Å²) in [7, 11) is 1.19. The van der Waals surface area contributed by atoms with E-state index in [0.717, 1.165) is 70.6 Å². The molecule has 0 spiro atoms. The Morgan fingerprint density at radius 3 is 1.71 bits per heavy atom. The summed E-state index contributed by atoms with van der Waals surface area (Å²) >= 11 is 0. The highest BCUT2D eigenvalue weighted by Gasteiger charge is 2.23. The van der Waals surface area contributed by atoms with Crippen molar-refractivity contribution in [2.24, 2.45) is 0 Å². The molecule has 2 N–H and O–H groups in total. The van der Waals surface area contributed by atoms with E-state index < -0.39 is 26.6 Å². The largest absolute Gasteiger partial charge is 0.756 e. The van der Waals surface area contributed by atoms with Crippen molar-refractivity contribution in [3.05, 3.63) is 97.2 Å². The van der Waals surface area contributed by atoms with E-state index in [1.54, 1.807) is 6.08 Å². The average Bonchev–Trinajstić information content (AvgIpc) is 3.09. The van der Waals surface area contributed by atoms with E-state index in [2.05, 4.69) is 104 Å². The van der Waals surface area contributed by atoms with Gasteiger partial charge in [-0.25, -0.2) is 0 Å². The molecule has 0 saturated heterocycles. The maximum Gasteiger partial charge on any atom is 0.268 e. The molecule has 0 aromatic heterocycles. The number of aliphatic hydroxyl groups excluding tert-OH is 1. The quantitative estimate of drug-likeness (QED) is 0.0300. The molecule has 296 valence electrons. The summed E-state index contributed by atoms with van der Waals surface area (Å²) in [6.07, 6.45) is 47.5. The van der Waals surface area contributed by atoms with E-state index in [-0.39, 0.29) is 18.9 Å². The minimum absolute atomic E-state index is 0.0213. The fourth-order valence-corrected chi connectivity index (χ4v) is 5.36. The average molecular weight is 745 g/mol. The van der Waals surface area contributed by atoms with E-state index >= 15 is 0 Å². The lowest BCUT2D eigenvalue weighted by Gasteiger charge is -2.29. The smallest absolute Gasteiger partial charge is 0.268 e. The molecule has 0 heterocycles. The monoisotopic (exact) mass is 745 g/mol. The Morgan fingerprint density at radius 2 is 1.17 bits per heavy atom. The van der Waals surface area contributed by atoms with Gasteiger partial charge in [0.15, 0.2) is 0 Å². The van der Waals surface area contributed by atoms with Crippen LogP contribution in [0.25, 0.3) is 0 Å². The summed E-state index contributed by atoms with van der Waals surface area (Å²) in [6.45, 7) is 4.37. The lowest BCUT2D eigenvalue weighted by molar-refractivity contribution is -0.870. The number of phosphoric ester groups is 1. The van der Waals surface area contributed by atoms with Crippen LogP contribution in [0, 0.1) is 0 Å². The Morgan fingerprint density at radius 1 is 0.692 bits per heavy atom. The first-order valence-corrected chi connectivity index (χ1v) is 21.1. The van der Waals surface area contributed by atoms with Crippen molar-refractivity contribution in [1.82, 2.24) is 5.32 Å². The zero-order valence-electron chi connectivity index (χ0n) is 33.2. The maximum atomic E-state index is 12.8. The second kappa shape index (κ2) is 34.2. The molecule has 3 unspecified atom stereocenters. The normalized spacial score (nSPS) is 15.6. The molecule has 0 aliphatic carbocycles. The number of carbonyl (C=O) groups excluding carboxylic acids is 1. The lowest BCUT2D eigenvalue weighted by atomic mass is 10.1. The molecule has 0 aliphatic rings. The first-order chi connectivity index (χ1) is 25.0. The van der Waals surface area contributed by atoms with Crippen LogP contribution in [-0.4, -0.2) is 68.5 Å². The van der Waals surface area contributed by atoms with Gasteiger partial charge in [-0.2, -0.15) is 0 Å². The number of phosphoric acid groups is 1. The maximum absolute atomic E-state index is 12.8. The predicted octanol–water partition coefficient (Wildman–Crippen LogP) is 9.77. The minimum Gasteiger partial charge on any atom is -0.756 e. The second-order valence-corrected chi connectivity index (χ2v) is 15.3. The SMILES string of the molecule is CC/C=C\C/C=C\C/C=C\C/C=C\C/C=C\C/C=C\CCCCC(=O)NC(COP(=O)([O-])OCC[N+](C)(C)C)C(O)/C=C/CC/C=C/CCCCC. The molecular formula is C43H73N2O6P. The summed E-state index contributed by atoms with van der Waals surface area (Å²) in [5.74, 6) is -0.259. The molecule has 52 heavy (non-hydrogen) atoms. The molecule has 8 nitrogen and oxygen atoms in total. The standard InChI is InChI=1S/C43H73N2O6P/c1-6-8-10-12-14-16-17-18-19-20-21-22-23-24-25-26-27-29-31-33-35-37-43(47)44-41(40-51-52(48,49)50-39-38-45(3,4)5)42(46)36-34-32-30-28-15-13-11-9-7-2/h8,10,14-16,18-19,21-22,24-25,27-29,34,36,41-42,46H,6-7,9,11-13,17,20,23,26,30-33,35,37-40H2,1-5H3,(H-,44,47,48,49)/b10-8-,16-14-,19-18-,22-21-,25-24-,28-15+,29-27-,36-34+. The van der Waals surface area contributed by atoms with Crippen molar-refractivity contribution in [3.63, 3.8) is 0 Å². The molecule has 3 atom stereocenters. The number of quaternary nitrogens is 1. The molecular weight excluding hydrogens is 671 g/mol. The van der Waals surface area contributed by atoms with Gasteiger partial charge in [0, 0.05) is 6.42 Å². The van der Waals surface area contributed by atoms with Crippen LogP contribution in [0.2, 0.25) is 0 Å². The van der Waals surface area contributed by atoms with Gasteiger partial charge in [0.05, 0.1) is 39.9 Å². The summed E-state index contributed by atoms with van der Waals surface area (Å²) in [4.78, 5) is 25.1. The third kappa shape index (κ3) is 35.8. The molecule has 0 saturated carbocycles. The fourth-order valence-electron chi connectivity index (χ4n) is 4.64. The molecule has 9 heteroatoms. The number of nitrogens with one attached hydrogen (secondary N) is 1. The first-order valence-electron chi connectivity index (χ1n) is 19.6. The number of hydrogen-bond donors (Lipinski definition) is 2. The Hall–Kier alpha value is -2.58. The van der Waals surface area contributed by atoms with Crippen LogP contribution >= 0.6 is 7.82 Å². The van der Waals surface area contributed by atoms with E-state index in [1.807, 2.05) is 27.2 Å². The van der Waals surface area contributed by atoms with E-state index in [4.69, 9.17) is 9.05 Å². The van der Waals surface area contributed by atoms with Gasteiger partial charge < -0.3 is 28.8 Å². The zero-order chi connectivity index (χ0) is 38.6. The number of carbonyl (C=O) groups is 1. The van der Waals surface area contributed by atoms with E-state index in [0.29, 0.717) is 17.4 Å². The van der Waals surface area contributed by atoms with Gasteiger partial charge in [-0.05, 0) is 83.5 Å². The molecule has 1 amide bonds. The van der Waals surface area contributed by atoms with Crippen LogP contribution in [0.3, 0.4) is 0 Å². The van der Waals surface area contributed by atoms with Crippen LogP contribution in [0.1, 0.15) is 117 Å². The second-order valence-electron chi connectivity index (χ2n) is 13.9. The number of nitrogens with zero attached hydrogens (tertiary/aromatic N) is 1. The van der Waals surface area contributed by atoms with Crippen LogP contribution in [0.4, 0.5) is 0 Å². The van der Waals surface area contributed by atoms with Crippen LogP contribution in [0.15, 0.2) is 97.2 Å². The summed E-state index contributed by atoms with van der Waals surface area (Å²) in [5, 5.41) is 13.6. The number of unbranched alkanes of at least 4 members (excludes halogenated alkanes) is 6. The molecule has 0 rings (SSSR count). The van der Waals surface area contributed by atoms with E-state index in [1.165, 1.54) is 19.3 Å². The van der Waals surface area contributed by atoms with Crippen molar-refractivity contribution in [1.29, 1.82) is 0 Å². The van der Waals surface area contributed by atoms with E-state index in [9.17, 15) is 19.4 Å². The molecule has 0 aromatic carbocycles. The summed E-state index contributed by atoms with van der Waals surface area (Å²) in [6, 6.07) is -0.930. The van der Waals surface area contributed by atoms with Crippen molar-refractivity contribution in [2.75, 3.05) is 40.9 Å². The van der Waals surface area contributed by atoms with Crippen LogP contribution in [-0.2, 0) is 18.4 Å². The van der Waals surface area contributed by atoms with Gasteiger partial charge in [0.2, 0.25) is 5.91 Å². The summed E-state index contributed by atoms with van der Waals surface area (Å²) < 4.78 is 23.0. The fraction of sp³-hybridized carbons (Fsp3) is 0.605. The van der Waals surface area contributed by atoms with Crippen molar-refractivity contribution < 1.29 is 32.9 Å². The van der Waals surface area contributed by atoms with Gasteiger partial charge >= 0.3 is 0 Å². The van der Waals surface area contributed by atoms with Crippen molar-refractivity contribution in [3.8, 4) is 0 Å². The predicted molar refractivity (Wildman–Crippen MR) is 219 cm³/mol. The van der Waals surface area contributed by atoms with Gasteiger partial charge in [-0.15, -0.1) is 0 Å². The molecule has 0 aromatic rings. The number of likely N-dealkylation sites (N-methyl/N-ethyl adjacent to an activating group) is 1. The Labute approximate surface area is 318 Å². The van der Waals surface area contributed by atoms with Crippen LogP contribution < -0.4 is 10.2 Å². The number of rotatable bonds is 33. The topological polar surface area (TPSA) is 108 Å². The summed E-state index contributed by atoms with van der Waals surface area (Å²) in [5.41, 5.74) is 0. The Balaban J connectivity index is 4.55. The number of allylic oxidation sites excluding steroid dienone is 15. The Bertz CT molecular complexity index is 1160. The number of amides is 1. The van der Waals surface area contributed by atoms with Gasteiger partial charge in [0.25, 0.3) is 7.82 Å². The number of hydrogen-bond acceptors (Lipinski definition) is 6. The van der Waals surface area contributed by atoms with Crippen molar-refractivity contribution in [2.45, 2.75) is 129 Å². The van der Waals surface area contributed by atoms with Gasteiger partial charge in [-0.1, -0.05) is 124 Å². The highest BCUT2D eigenvalue weighted by Crippen LogP contribution is 2.38. The molecule has 0 radical (unpaired) electrons. The third-order valence-electron chi connectivity index (χ3n) is 7.78. The Kier molecular flexibility index (Phi) is 32.5. The van der Waals surface area contributed by atoms with Crippen LogP contribution in [0.5, 0.6) is 0 Å². The molecule has 0 aliphatic heterocycles. The minimum atomic E-state index is -4.60. The lowest BCUT2D eigenvalue weighted by Crippen LogP contribution is -2.45. The number of aliphatic hydroxyl groups is 1. The van der Waals surface area contributed by atoms with Gasteiger partial charge in [-0.3, -0.25) is 9.36 Å². The van der Waals surface area contributed by atoms with Crippen molar-refractivity contribution >= 4 is 13.7 Å². The highest BCUT2D eigenvalue weighted by molar-refractivity contribution is 7.45. The first kappa shape index (κ1) is 49.4. The zero-order valence-corrected chi connectivity index (χ0v) is 34.1. The third-order valence-corrected chi connectivity index (χ3v) is 8.74. The molecule has 0 fully saturated rings. The highest BCUT2D eigenvalue weighted by atomic mass is 31.2.